The summed E-state index contributed by atoms with van der Waals surface area (Å²) in [6.07, 6.45) is 7.10. The molecule has 9 heteroatoms. The van der Waals surface area contributed by atoms with Gasteiger partial charge in [0.15, 0.2) is 11.6 Å². The first-order chi connectivity index (χ1) is 15.5. The minimum absolute atomic E-state index is 0.0222. The van der Waals surface area contributed by atoms with Gasteiger partial charge in [-0.3, -0.25) is 4.98 Å². The Morgan fingerprint density at radius 3 is 2.34 bits per heavy atom. The van der Waals surface area contributed by atoms with E-state index in [-0.39, 0.29) is 16.7 Å². The average Bonchev–Trinajstić information content (AvgIpc) is 2.82. The summed E-state index contributed by atoms with van der Waals surface area (Å²) in [5.41, 5.74) is 0. The number of pyridine rings is 1. The fourth-order valence-electron chi connectivity index (χ4n) is 4.48. The van der Waals surface area contributed by atoms with Crippen molar-refractivity contribution in [3.63, 3.8) is 0 Å². The van der Waals surface area contributed by atoms with Gasteiger partial charge in [-0.15, -0.1) is 0 Å². The first-order valence-corrected chi connectivity index (χ1v) is 12.6. The van der Waals surface area contributed by atoms with Gasteiger partial charge in [0.2, 0.25) is 10.0 Å². The first-order valence-electron chi connectivity index (χ1n) is 11.2. The molecule has 0 spiro atoms. The molecule has 0 saturated carbocycles. The third-order valence-corrected chi connectivity index (χ3v) is 8.10. The Hall–Kier alpha value is -2.23. The number of halogens is 1. The van der Waals surface area contributed by atoms with Crippen molar-refractivity contribution >= 4 is 10.0 Å². The number of nitrogens with zero attached hydrogens (tertiary/aromatic N) is 3. The molecule has 0 amide bonds. The van der Waals surface area contributed by atoms with Crippen LogP contribution in [0.5, 0.6) is 11.5 Å². The molecule has 7 nitrogen and oxygen atoms in total. The number of likely N-dealkylation sites (tertiary alicyclic amines) is 1. The van der Waals surface area contributed by atoms with Crippen molar-refractivity contribution < 1.29 is 22.3 Å². The van der Waals surface area contributed by atoms with E-state index in [1.165, 1.54) is 16.4 Å². The summed E-state index contributed by atoms with van der Waals surface area (Å²) in [6, 6.07) is 7.97. The largest absolute Gasteiger partial charge is 0.491 e. The van der Waals surface area contributed by atoms with Crippen LogP contribution in [-0.4, -0.2) is 67.5 Å². The maximum atomic E-state index is 14.2. The standard InChI is InChI=1S/C23H30FN3O4S/c1-2-30-23-4-3-21(17-22(23)24)32(28,29)27-15-7-18(8-16-27)26-13-9-20(10-14-26)31-19-5-11-25-12-6-19/h3-6,11-12,17-18,20H,2,7-10,13-16H2,1H3. The minimum atomic E-state index is -3.72. The van der Waals surface area contributed by atoms with E-state index in [9.17, 15) is 12.8 Å². The molecule has 0 N–H and O–H groups in total. The second kappa shape index (κ2) is 10.1. The number of ether oxygens (including phenoxy) is 2. The van der Waals surface area contributed by atoms with Crippen LogP contribution in [0.15, 0.2) is 47.6 Å². The van der Waals surface area contributed by atoms with Gasteiger partial charge in [-0.2, -0.15) is 4.31 Å². The molecule has 2 aliphatic heterocycles. The van der Waals surface area contributed by atoms with Crippen LogP contribution in [-0.2, 0) is 10.0 Å². The fourth-order valence-corrected chi connectivity index (χ4v) is 5.96. The van der Waals surface area contributed by atoms with Crippen LogP contribution in [0.3, 0.4) is 0 Å². The molecule has 2 aliphatic rings. The summed E-state index contributed by atoms with van der Waals surface area (Å²) in [6.45, 7) is 4.84. The summed E-state index contributed by atoms with van der Waals surface area (Å²) in [5, 5.41) is 0. The monoisotopic (exact) mass is 463 g/mol. The van der Waals surface area contributed by atoms with Crippen molar-refractivity contribution in [2.45, 2.75) is 49.6 Å². The van der Waals surface area contributed by atoms with Crippen molar-refractivity contribution in [3.8, 4) is 11.5 Å². The summed E-state index contributed by atoms with van der Waals surface area (Å²) in [7, 11) is -3.72. The van der Waals surface area contributed by atoms with Crippen molar-refractivity contribution in [1.29, 1.82) is 0 Å². The molecule has 0 unspecified atom stereocenters. The maximum absolute atomic E-state index is 14.2. The third-order valence-electron chi connectivity index (χ3n) is 6.21. The van der Waals surface area contributed by atoms with Crippen molar-refractivity contribution in [2.24, 2.45) is 0 Å². The van der Waals surface area contributed by atoms with Crippen LogP contribution in [0.4, 0.5) is 4.39 Å². The number of benzene rings is 1. The number of piperidine rings is 2. The molecule has 2 aromatic rings. The second-order valence-electron chi connectivity index (χ2n) is 8.20. The summed E-state index contributed by atoms with van der Waals surface area (Å²) >= 11 is 0. The van der Waals surface area contributed by atoms with Gasteiger partial charge in [-0.05, 0) is 62.9 Å². The Morgan fingerprint density at radius 2 is 1.72 bits per heavy atom. The smallest absolute Gasteiger partial charge is 0.243 e. The van der Waals surface area contributed by atoms with E-state index < -0.39 is 15.8 Å². The normalized spacial score (nSPS) is 19.7. The molecular formula is C23H30FN3O4S. The molecule has 3 heterocycles. The summed E-state index contributed by atoms with van der Waals surface area (Å²) < 4.78 is 52.8. The Balaban J connectivity index is 1.29. The predicted molar refractivity (Wildman–Crippen MR) is 119 cm³/mol. The van der Waals surface area contributed by atoms with Crippen molar-refractivity contribution in [2.75, 3.05) is 32.8 Å². The molecule has 4 rings (SSSR count). The fraction of sp³-hybridized carbons (Fsp3) is 0.522. The van der Waals surface area contributed by atoms with Crippen LogP contribution in [0.2, 0.25) is 0 Å². The van der Waals surface area contributed by atoms with Crippen LogP contribution in [0, 0.1) is 5.82 Å². The van der Waals surface area contributed by atoms with E-state index in [4.69, 9.17) is 9.47 Å². The molecule has 174 valence electrons. The van der Waals surface area contributed by atoms with Gasteiger partial charge in [0.05, 0.1) is 11.5 Å². The SMILES string of the molecule is CCOc1ccc(S(=O)(=O)N2CCC(N3CCC(Oc4ccncc4)CC3)CC2)cc1F. The lowest BCUT2D eigenvalue weighted by atomic mass is 10.00. The molecule has 1 aromatic heterocycles. The topological polar surface area (TPSA) is 72.0 Å². The van der Waals surface area contributed by atoms with Gasteiger partial charge in [0.1, 0.15) is 11.9 Å². The van der Waals surface area contributed by atoms with E-state index in [2.05, 4.69) is 9.88 Å². The van der Waals surface area contributed by atoms with Gasteiger partial charge in [-0.1, -0.05) is 0 Å². The van der Waals surface area contributed by atoms with E-state index in [1.54, 1.807) is 19.3 Å². The molecule has 0 atom stereocenters. The van der Waals surface area contributed by atoms with E-state index in [1.807, 2.05) is 12.1 Å². The molecule has 0 bridgehead atoms. The molecule has 2 fully saturated rings. The number of rotatable bonds is 7. The van der Waals surface area contributed by atoms with Crippen molar-refractivity contribution in [1.82, 2.24) is 14.2 Å². The van der Waals surface area contributed by atoms with Crippen LogP contribution >= 0.6 is 0 Å². The summed E-state index contributed by atoms with van der Waals surface area (Å²) in [5.74, 6) is 0.267. The third kappa shape index (κ3) is 5.22. The zero-order valence-electron chi connectivity index (χ0n) is 18.3. The highest BCUT2D eigenvalue weighted by molar-refractivity contribution is 7.89. The quantitative estimate of drug-likeness (QED) is 0.627. The van der Waals surface area contributed by atoms with Gasteiger partial charge in [0, 0.05) is 44.6 Å². The van der Waals surface area contributed by atoms with Gasteiger partial charge in [0.25, 0.3) is 0 Å². The van der Waals surface area contributed by atoms with Crippen molar-refractivity contribution in [3.05, 3.63) is 48.5 Å². The molecule has 0 radical (unpaired) electrons. The maximum Gasteiger partial charge on any atom is 0.243 e. The lowest BCUT2D eigenvalue weighted by molar-refractivity contribution is 0.0585. The van der Waals surface area contributed by atoms with Gasteiger partial charge in [-0.25, -0.2) is 12.8 Å². The molecule has 1 aromatic carbocycles. The second-order valence-corrected chi connectivity index (χ2v) is 10.1. The lowest BCUT2D eigenvalue weighted by Gasteiger charge is -2.41. The van der Waals surface area contributed by atoms with Crippen LogP contribution in [0.1, 0.15) is 32.6 Å². The molecule has 2 saturated heterocycles. The first kappa shape index (κ1) is 22.9. The van der Waals surface area contributed by atoms with E-state index in [0.29, 0.717) is 25.7 Å². The van der Waals surface area contributed by atoms with Gasteiger partial charge >= 0.3 is 0 Å². The number of hydrogen-bond acceptors (Lipinski definition) is 6. The Bertz CT molecular complexity index is 990. The molecular weight excluding hydrogens is 433 g/mol. The van der Waals surface area contributed by atoms with E-state index in [0.717, 1.165) is 50.6 Å². The number of sulfonamides is 1. The average molecular weight is 464 g/mol. The predicted octanol–water partition coefficient (Wildman–Crippen LogP) is 3.32. The highest BCUT2D eigenvalue weighted by Crippen LogP contribution is 2.28. The summed E-state index contributed by atoms with van der Waals surface area (Å²) in [4.78, 5) is 6.44. The Morgan fingerprint density at radius 1 is 1.03 bits per heavy atom. The van der Waals surface area contributed by atoms with Gasteiger partial charge < -0.3 is 14.4 Å². The number of aromatic nitrogens is 1. The zero-order chi connectivity index (χ0) is 22.6. The lowest BCUT2D eigenvalue weighted by Crippen LogP contribution is -2.50. The highest BCUT2D eigenvalue weighted by atomic mass is 32.2. The van der Waals surface area contributed by atoms with Crippen LogP contribution < -0.4 is 9.47 Å². The molecule has 32 heavy (non-hydrogen) atoms. The Kier molecular flexibility index (Phi) is 7.27. The van der Waals surface area contributed by atoms with Crippen LogP contribution in [0.25, 0.3) is 0 Å². The molecule has 0 aliphatic carbocycles. The highest BCUT2D eigenvalue weighted by Gasteiger charge is 2.33. The zero-order valence-corrected chi connectivity index (χ0v) is 19.1. The number of hydrogen-bond donors (Lipinski definition) is 0. The van der Waals surface area contributed by atoms with E-state index >= 15 is 0 Å². The minimum Gasteiger partial charge on any atom is -0.491 e. The Labute approximate surface area is 189 Å².